The predicted molar refractivity (Wildman–Crippen MR) is 72.6 cm³/mol. The lowest BCUT2D eigenvalue weighted by molar-refractivity contribution is 0.193. The van der Waals surface area contributed by atoms with E-state index in [1.807, 2.05) is 0 Å². The van der Waals surface area contributed by atoms with Crippen LogP contribution in [0.2, 0.25) is 0 Å². The van der Waals surface area contributed by atoms with Crippen molar-refractivity contribution in [2.24, 2.45) is 16.8 Å². The van der Waals surface area contributed by atoms with Crippen molar-refractivity contribution in [3.8, 4) is 0 Å². The molecule has 2 rings (SSSR count). The Morgan fingerprint density at radius 1 is 1.44 bits per heavy atom. The second kappa shape index (κ2) is 5.87. The molecule has 0 aliphatic carbocycles. The minimum atomic E-state index is 0.189. The highest BCUT2D eigenvalue weighted by atomic mass is 16.4. The molecule has 0 radical (unpaired) electrons. The summed E-state index contributed by atoms with van der Waals surface area (Å²) in [5, 5.41) is 11.9. The van der Waals surface area contributed by atoms with Crippen molar-refractivity contribution < 1.29 is 5.21 Å². The Morgan fingerprint density at radius 3 is 2.83 bits per heavy atom. The number of aryl methyl sites for hydroxylation is 1. The smallest absolute Gasteiger partial charge is 0.143 e. The lowest BCUT2D eigenvalue weighted by Gasteiger charge is -2.32. The fourth-order valence-electron chi connectivity index (χ4n) is 2.47. The van der Waals surface area contributed by atoms with Crippen LogP contribution < -0.4 is 5.73 Å². The highest BCUT2D eigenvalue weighted by molar-refractivity contribution is 5.82. The quantitative estimate of drug-likeness (QED) is 0.371. The van der Waals surface area contributed by atoms with Gasteiger partial charge in [-0.2, -0.15) is 0 Å². The van der Waals surface area contributed by atoms with E-state index in [9.17, 15) is 0 Å². The summed E-state index contributed by atoms with van der Waals surface area (Å²) in [6, 6.07) is 8.62. The molecule has 1 fully saturated rings. The molecule has 1 atom stereocenters. The molecule has 0 spiro atoms. The van der Waals surface area contributed by atoms with E-state index in [-0.39, 0.29) is 5.92 Å². The molecule has 0 aromatic heterocycles. The van der Waals surface area contributed by atoms with Crippen LogP contribution in [0.3, 0.4) is 0 Å². The Morgan fingerprint density at radius 2 is 2.17 bits per heavy atom. The van der Waals surface area contributed by atoms with Crippen molar-refractivity contribution in [1.82, 2.24) is 4.90 Å². The van der Waals surface area contributed by atoms with Gasteiger partial charge in [0.25, 0.3) is 0 Å². The number of rotatable bonds is 3. The van der Waals surface area contributed by atoms with Crippen LogP contribution in [0.5, 0.6) is 0 Å². The monoisotopic (exact) mass is 247 g/mol. The second-order valence-corrected chi connectivity index (χ2v) is 5.08. The van der Waals surface area contributed by atoms with Crippen LogP contribution in [0, 0.1) is 12.8 Å². The van der Waals surface area contributed by atoms with Gasteiger partial charge >= 0.3 is 0 Å². The maximum atomic E-state index is 8.74. The number of nitrogens with zero attached hydrogens (tertiary/aromatic N) is 2. The number of oxime groups is 1. The van der Waals surface area contributed by atoms with Crippen molar-refractivity contribution in [3.05, 3.63) is 35.4 Å². The van der Waals surface area contributed by atoms with Gasteiger partial charge in [-0.1, -0.05) is 35.0 Å². The first-order valence-electron chi connectivity index (χ1n) is 6.44. The van der Waals surface area contributed by atoms with Crippen molar-refractivity contribution in [1.29, 1.82) is 0 Å². The minimum absolute atomic E-state index is 0.189. The van der Waals surface area contributed by atoms with Crippen LogP contribution in [0.25, 0.3) is 0 Å². The van der Waals surface area contributed by atoms with E-state index in [4.69, 9.17) is 10.9 Å². The van der Waals surface area contributed by atoms with E-state index >= 15 is 0 Å². The number of benzene rings is 1. The Kier molecular flexibility index (Phi) is 4.20. The minimum Gasteiger partial charge on any atom is -0.409 e. The van der Waals surface area contributed by atoms with Gasteiger partial charge in [-0.3, -0.25) is 4.90 Å². The number of likely N-dealkylation sites (tertiary alicyclic amines) is 1. The summed E-state index contributed by atoms with van der Waals surface area (Å²) < 4.78 is 0. The van der Waals surface area contributed by atoms with Crippen LogP contribution in [-0.2, 0) is 6.54 Å². The Labute approximate surface area is 108 Å². The summed E-state index contributed by atoms with van der Waals surface area (Å²) in [4.78, 5) is 2.37. The molecular formula is C14H21N3O. The molecule has 1 saturated heterocycles. The molecule has 3 N–H and O–H groups in total. The summed E-state index contributed by atoms with van der Waals surface area (Å²) in [6.07, 6.45) is 2.12. The summed E-state index contributed by atoms with van der Waals surface area (Å²) in [7, 11) is 0. The van der Waals surface area contributed by atoms with Crippen LogP contribution >= 0.6 is 0 Å². The summed E-state index contributed by atoms with van der Waals surface area (Å²) >= 11 is 0. The van der Waals surface area contributed by atoms with Crippen molar-refractivity contribution in [2.75, 3.05) is 13.1 Å². The fourth-order valence-corrected chi connectivity index (χ4v) is 2.47. The molecule has 98 valence electrons. The standard InChI is InChI=1S/C14H21N3O/c1-11-4-6-12(7-5-11)9-17-8-2-3-13(10-17)14(15)16-18/h4-7,13,18H,2-3,8-10H2,1H3,(H2,15,16). The Balaban J connectivity index is 1.95. The SMILES string of the molecule is Cc1ccc(CN2CCCC(C(N)=NO)C2)cc1. The normalized spacial score (nSPS) is 22.1. The lowest BCUT2D eigenvalue weighted by Crippen LogP contribution is -2.40. The molecule has 0 saturated carbocycles. The summed E-state index contributed by atoms with van der Waals surface area (Å²) in [6.45, 7) is 5.00. The molecule has 1 heterocycles. The van der Waals surface area contributed by atoms with Gasteiger partial charge in [-0.15, -0.1) is 0 Å². The zero-order valence-electron chi connectivity index (χ0n) is 10.8. The van der Waals surface area contributed by atoms with E-state index < -0.39 is 0 Å². The van der Waals surface area contributed by atoms with Crippen LogP contribution in [-0.4, -0.2) is 29.0 Å². The zero-order valence-corrected chi connectivity index (χ0v) is 10.8. The highest BCUT2D eigenvalue weighted by Gasteiger charge is 2.22. The maximum absolute atomic E-state index is 8.74. The molecule has 4 nitrogen and oxygen atoms in total. The molecule has 4 heteroatoms. The molecule has 18 heavy (non-hydrogen) atoms. The van der Waals surface area contributed by atoms with Gasteiger partial charge in [-0.05, 0) is 31.9 Å². The van der Waals surface area contributed by atoms with Gasteiger partial charge in [0.2, 0.25) is 0 Å². The predicted octanol–water partition coefficient (Wildman–Crippen LogP) is 1.95. The number of hydrogen-bond donors (Lipinski definition) is 2. The van der Waals surface area contributed by atoms with E-state index in [0.717, 1.165) is 32.5 Å². The van der Waals surface area contributed by atoms with E-state index in [2.05, 4.69) is 41.2 Å². The number of nitrogens with two attached hydrogens (primary N) is 1. The van der Waals surface area contributed by atoms with Crippen LogP contribution in [0.15, 0.2) is 29.4 Å². The number of hydrogen-bond acceptors (Lipinski definition) is 3. The van der Waals surface area contributed by atoms with E-state index in [0.29, 0.717) is 5.84 Å². The zero-order chi connectivity index (χ0) is 13.0. The molecule has 1 aliphatic rings. The topological polar surface area (TPSA) is 61.8 Å². The Bertz CT molecular complexity index is 414. The molecule has 0 amide bonds. The van der Waals surface area contributed by atoms with Gasteiger partial charge in [0.15, 0.2) is 0 Å². The third-order valence-corrected chi connectivity index (χ3v) is 3.57. The van der Waals surface area contributed by atoms with Crippen LogP contribution in [0.4, 0.5) is 0 Å². The molecule has 1 unspecified atom stereocenters. The second-order valence-electron chi connectivity index (χ2n) is 5.08. The largest absolute Gasteiger partial charge is 0.409 e. The first-order chi connectivity index (χ1) is 8.69. The van der Waals surface area contributed by atoms with E-state index in [1.54, 1.807) is 0 Å². The number of piperidine rings is 1. The van der Waals surface area contributed by atoms with Gasteiger partial charge in [0, 0.05) is 19.0 Å². The van der Waals surface area contributed by atoms with Crippen molar-refractivity contribution >= 4 is 5.84 Å². The molecule has 1 aliphatic heterocycles. The van der Waals surface area contributed by atoms with Crippen LogP contribution in [0.1, 0.15) is 24.0 Å². The van der Waals surface area contributed by atoms with Crippen molar-refractivity contribution in [3.63, 3.8) is 0 Å². The summed E-state index contributed by atoms with van der Waals surface area (Å²) in [5.74, 6) is 0.554. The third-order valence-electron chi connectivity index (χ3n) is 3.57. The van der Waals surface area contributed by atoms with Gasteiger partial charge in [0.05, 0.1) is 0 Å². The first kappa shape index (κ1) is 12.9. The average Bonchev–Trinajstić information content (AvgIpc) is 2.41. The average molecular weight is 247 g/mol. The highest BCUT2D eigenvalue weighted by Crippen LogP contribution is 2.18. The molecule has 1 aromatic rings. The summed E-state index contributed by atoms with van der Waals surface area (Å²) in [5.41, 5.74) is 8.30. The van der Waals surface area contributed by atoms with Crippen molar-refractivity contribution in [2.45, 2.75) is 26.3 Å². The first-order valence-corrected chi connectivity index (χ1v) is 6.44. The Hall–Kier alpha value is -1.55. The lowest BCUT2D eigenvalue weighted by atomic mass is 9.96. The molecule has 0 bridgehead atoms. The maximum Gasteiger partial charge on any atom is 0.143 e. The van der Waals surface area contributed by atoms with Gasteiger partial charge in [-0.25, -0.2) is 0 Å². The fraction of sp³-hybridized carbons (Fsp3) is 0.500. The number of amidine groups is 1. The third kappa shape index (κ3) is 3.23. The molecule has 1 aromatic carbocycles. The van der Waals surface area contributed by atoms with E-state index in [1.165, 1.54) is 11.1 Å². The van der Waals surface area contributed by atoms with Gasteiger partial charge < -0.3 is 10.9 Å². The van der Waals surface area contributed by atoms with Gasteiger partial charge in [0.1, 0.15) is 5.84 Å². The molecular weight excluding hydrogens is 226 g/mol.